The highest BCUT2D eigenvalue weighted by Crippen LogP contribution is 2.55. The highest BCUT2D eigenvalue weighted by Gasteiger charge is 2.51. The van der Waals surface area contributed by atoms with Gasteiger partial charge in [0.25, 0.3) is 0 Å². The number of nitrogens with zero attached hydrogens (tertiary/aromatic N) is 1. The molecule has 170 valence electrons. The third-order valence-electron chi connectivity index (χ3n) is 7.91. The second kappa shape index (κ2) is 8.23. The fourth-order valence-corrected chi connectivity index (χ4v) is 9.22. The van der Waals surface area contributed by atoms with Crippen molar-refractivity contribution in [2.75, 3.05) is 13.1 Å². The van der Waals surface area contributed by atoms with E-state index in [1.54, 1.807) is 24.3 Å². The summed E-state index contributed by atoms with van der Waals surface area (Å²) in [7, 11) is -3.70. The fourth-order valence-electron chi connectivity index (χ4n) is 7.03. The number of nitrogens with one attached hydrogen (secondary N) is 2. The summed E-state index contributed by atoms with van der Waals surface area (Å²) in [6.45, 7) is 0.776. The minimum Gasteiger partial charge on any atom is -0.337 e. The van der Waals surface area contributed by atoms with Gasteiger partial charge < -0.3 is 10.6 Å². The van der Waals surface area contributed by atoms with Gasteiger partial charge in [-0.2, -0.15) is 4.31 Å². The number of rotatable bonds is 5. The van der Waals surface area contributed by atoms with Gasteiger partial charge >= 0.3 is 6.03 Å². The Morgan fingerprint density at radius 1 is 1.06 bits per heavy atom. The molecule has 4 aliphatic carbocycles. The first kappa shape index (κ1) is 21.5. The highest BCUT2D eigenvalue weighted by molar-refractivity contribution is 7.89. The summed E-state index contributed by atoms with van der Waals surface area (Å²) in [5.74, 6) is 2.29. The first-order valence-electron chi connectivity index (χ1n) is 11.7. The van der Waals surface area contributed by atoms with Crippen molar-refractivity contribution in [1.29, 1.82) is 0 Å². The van der Waals surface area contributed by atoms with Crippen LogP contribution in [0.2, 0.25) is 5.02 Å². The molecular formula is C23H32ClN3O3S. The molecule has 1 aromatic rings. The number of hydrogen-bond donors (Lipinski definition) is 2. The predicted octanol–water partition coefficient (Wildman–Crippen LogP) is 4.15. The molecule has 31 heavy (non-hydrogen) atoms. The van der Waals surface area contributed by atoms with Crippen LogP contribution in [0.15, 0.2) is 29.2 Å². The molecule has 6 rings (SSSR count). The molecule has 1 atom stereocenters. The van der Waals surface area contributed by atoms with Crippen LogP contribution in [0.5, 0.6) is 0 Å². The maximum absolute atomic E-state index is 13.3. The monoisotopic (exact) mass is 465 g/mol. The molecule has 8 heteroatoms. The van der Waals surface area contributed by atoms with Crippen LogP contribution in [0.4, 0.5) is 4.79 Å². The number of carbonyl (C=O) groups is 1. The summed E-state index contributed by atoms with van der Waals surface area (Å²) in [5.41, 5.74) is -0.0469. The Morgan fingerprint density at radius 2 is 1.71 bits per heavy atom. The number of hydrogen-bond acceptors (Lipinski definition) is 3. The van der Waals surface area contributed by atoms with Crippen LogP contribution < -0.4 is 10.6 Å². The van der Waals surface area contributed by atoms with Gasteiger partial charge in [-0.15, -0.1) is 0 Å². The van der Waals surface area contributed by atoms with Gasteiger partial charge in [0.05, 0.1) is 5.02 Å². The number of carbonyl (C=O) groups excluding carboxylic acids is 1. The van der Waals surface area contributed by atoms with Gasteiger partial charge in [-0.1, -0.05) is 30.2 Å². The summed E-state index contributed by atoms with van der Waals surface area (Å²) in [6, 6.07) is 6.17. The van der Waals surface area contributed by atoms with Crippen molar-refractivity contribution in [3.05, 3.63) is 29.3 Å². The van der Waals surface area contributed by atoms with E-state index in [1.165, 1.54) is 23.6 Å². The molecule has 0 radical (unpaired) electrons. The molecule has 0 aromatic heterocycles. The first-order valence-corrected chi connectivity index (χ1v) is 13.5. The van der Waals surface area contributed by atoms with Gasteiger partial charge in [0.15, 0.2) is 0 Å². The Morgan fingerprint density at radius 3 is 2.35 bits per heavy atom. The average Bonchev–Trinajstić information content (AvgIpc) is 2.71. The minimum absolute atomic E-state index is 0.0469. The molecule has 2 N–H and O–H groups in total. The number of piperidine rings is 1. The van der Waals surface area contributed by atoms with Crippen molar-refractivity contribution in [2.24, 2.45) is 17.8 Å². The van der Waals surface area contributed by atoms with Crippen LogP contribution in [0.1, 0.15) is 57.8 Å². The van der Waals surface area contributed by atoms with Crippen LogP contribution in [0.25, 0.3) is 0 Å². The van der Waals surface area contributed by atoms with Crippen molar-refractivity contribution < 1.29 is 13.2 Å². The van der Waals surface area contributed by atoms with Crippen molar-refractivity contribution in [3.8, 4) is 0 Å². The van der Waals surface area contributed by atoms with Crippen LogP contribution >= 0.6 is 11.6 Å². The number of sulfonamides is 1. The van der Waals surface area contributed by atoms with Gasteiger partial charge in [-0.05, 0) is 81.3 Å². The van der Waals surface area contributed by atoms with Crippen molar-refractivity contribution in [1.82, 2.24) is 14.9 Å². The molecule has 6 nitrogen and oxygen atoms in total. The molecule has 1 saturated heterocycles. The number of urea groups is 1. The minimum atomic E-state index is -3.70. The molecular weight excluding hydrogens is 434 g/mol. The topological polar surface area (TPSA) is 78.5 Å². The molecule has 4 bridgehead atoms. The molecule has 1 heterocycles. The lowest BCUT2D eigenvalue weighted by atomic mass is 9.53. The maximum Gasteiger partial charge on any atom is 0.315 e. The Bertz CT molecular complexity index is 916. The van der Waals surface area contributed by atoms with Gasteiger partial charge in [-0.25, -0.2) is 13.2 Å². The third kappa shape index (κ3) is 4.21. The average molecular weight is 466 g/mol. The lowest BCUT2D eigenvalue weighted by Gasteiger charge is -2.56. The van der Waals surface area contributed by atoms with Crippen LogP contribution in [0.3, 0.4) is 0 Å². The van der Waals surface area contributed by atoms with E-state index in [9.17, 15) is 13.2 Å². The standard InChI is InChI=1S/C23H32ClN3O3S/c24-20-6-1-2-7-21(20)31(29,30)27-8-4-3-5-19(27)15-25-22(28)26-23-12-16-9-17(13-23)11-18(10-16)14-23/h1-2,6-7,16-19H,3-5,8-15H2,(H2,25,26,28). The molecule has 1 unspecified atom stereocenters. The van der Waals surface area contributed by atoms with Crippen molar-refractivity contribution in [2.45, 2.75) is 74.3 Å². The second-order valence-electron chi connectivity index (χ2n) is 10.2. The molecule has 4 saturated carbocycles. The van der Waals surface area contributed by atoms with E-state index >= 15 is 0 Å². The number of benzene rings is 1. The van der Waals surface area contributed by atoms with E-state index in [2.05, 4.69) is 10.6 Å². The maximum atomic E-state index is 13.3. The zero-order chi connectivity index (χ0) is 21.6. The first-order chi connectivity index (χ1) is 14.8. The summed E-state index contributed by atoms with van der Waals surface area (Å²) in [4.78, 5) is 13.0. The van der Waals surface area contributed by atoms with Crippen LogP contribution in [-0.2, 0) is 10.0 Å². The van der Waals surface area contributed by atoms with Gasteiger partial charge in [0, 0.05) is 24.7 Å². The Balaban J connectivity index is 1.24. The summed E-state index contributed by atoms with van der Waals surface area (Å²) >= 11 is 6.19. The molecule has 2 amide bonds. The zero-order valence-corrected chi connectivity index (χ0v) is 19.4. The summed E-state index contributed by atoms with van der Waals surface area (Å²) < 4.78 is 28.1. The molecule has 1 aliphatic heterocycles. The molecule has 0 spiro atoms. The Kier molecular flexibility index (Phi) is 5.72. The molecule has 5 fully saturated rings. The number of amides is 2. The van der Waals surface area contributed by atoms with Gasteiger partial charge in [0.1, 0.15) is 4.90 Å². The summed E-state index contributed by atoms with van der Waals surface area (Å²) in [5, 5.41) is 6.56. The predicted molar refractivity (Wildman–Crippen MR) is 120 cm³/mol. The smallest absolute Gasteiger partial charge is 0.315 e. The Labute approximate surface area is 190 Å². The largest absolute Gasteiger partial charge is 0.337 e. The van der Waals surface area contributed by atoms with Gasteiger partial charge in [-0.3, -0.25) is 0 Å². The van der Waals surface area contributed by atoms with Crippen molar-refractivity contribution >= 4 is 27.7 Å². The SMILES string of the molecule is O=C(NCC1CCCCN1S(=O)(=O)c1ccccc1Cl)NC12CC3CC(CC(C3)C1)C2. The third-order valence-corrected chi connectivity index (χ3v) is 10.4. The van der Waals surface area contributed by atoms with Gasteiger partial charge in [0.2, 0.25) is 10.0 Å². The molecule has 5 aliphatic rings. The quantitative estimate of drug-likeness (QED) is 0.685. The second-order valence-corrected chi connectivity index (χ2v) is 12.5. The normalized spacial score (nSPS) is 35.1. The van der Waals surface area contributed by atoms with E-state index in [0.29, 0.717) is 13.1 Å². The van der Waals surface area contributed by atoms with Crippen LogP contribution in [-0.4, -0.2) is 43.4 Å². The molecule has 1 aromatic carbocycles. The zero-order valence-electron chi connectivity index (χ0n) is 17.9. The van der Waals surface area contributed by atoms with E-state index in [-0.39, 0.29) is 27.5 Å². The highest BCUT2D eigenvalue weighted by atomic mass is 35.5. The Hall–Kier alpha value is -1.31. The fraction of sp³-hybridized carbons (Fsp3) is 0.696. The van der Waals surface area contributed by atoms with E-state index in [4.69, 9.17) is 11.6 Å². The lowest BCUT2D eigenvalue weighted by Crippen LogP contribution is -2.62. The van der Waals surface area contributed by atoms with E-state index in [0.717, 1.165) is 56.3 Å². The van der Waals surface area contributed by atoms with Crippen molar-refractivity contribution in [3.63, 3.8) is 0 Å². The van der Waals surface area contributed by atoms with E-state index in [1.807, 2.05) is 0 Å². The number of halogens is 1. The lowest BCUT2D eigenvalue weighted by molar-refractivity contribution is -0.0135. The van der Waals surface area contributed by atoms with E-state index < -0.39 is 10.0 Å². The van der Waals surface area contributed by atoms with Crippen LogP contribution in [0, 0.1) is 17.8 Å². The summed E-state index contributed by atoms with van der Waals surface area (Å²) in [6.07, 6.45) is 9.81.